The molecule has 3 N–H and O–H groups in total. The highest BCUT2D eigenvalue weighted by atomic mass is 19.1. The minimum absolute atomic E-state index is 0.347. The van der Waals surface area contributed by atoms with Crippen molar-refractivity contribution in [3.63, 3.8) is 0 Å². The van der Waals surface area contributed by atoms with Gasteiger partial charge in [-0.3, -0.25) is 4.79 Å². The second-order valence-electron chi connectivity index (χ2n) is 4.91. The van der Waals surface area contributed by atoms with Gasteiger partial charge in [0.05, 0.1) is 0 Å². The predicted octanol–water partition coefficient (Wildman–Crippen LogP) is 3.08. The molecular weight excluding hydrogens is 255 g/mol. The molecule has 104 valence electrons. The first-order chi connectivity index (χ1) is 9.45. The molecule has 1 atom stereocenters. The van der Waals surface area contributed by atoms with Gasteiger partial charge in [0.2, 0.25) is 5.91 Å². The number of amides is 1. The van der Waals surface area contributed by atoms with Crippen molar-refractivity contribution in [3.05, 3.63) is 65.0 Å². The Hall–Kier alpha value is -2.36. The number of carbonyl (C=O) groups is 1. The van der Waals surface area contributed by atoms with Crippen molar-refractivity contribution in [2.45, 2.75) is 19.9 Å². The Morgan fingerprint density at radius 2 is 1.90 bits per heavy atom. The molecule has 2 aromatic carbocycles. The molecule has 0 saturated heterocycles. The highest BCUT2D eigenvalue weighted by molar-refractivity contribution is 5.84. The number of rotatable bonds is 4. The van der Waals surface area contributed by atoms with E-state index in [1.807, 2.05) is 31.2 Å². The Balaban J connectivity index is 2.33. The lowest BCUT2D eigenvalue weighted by Crippen LogP contribution is -2.27. The third-order valence-electron chi connectivity index (χ3n) is 3.01. The van der Waals surface area contributed by atoms with Crippen LogP contribution >= 0.6 is 0 Å². The van der Waals surface area contributed by atoms with Crippen molar-refractivity contribution in [2.24, 2.45) is 5.73 Å². The molecule has 0 aromatic heterocycles. The van der Waals surface area contributed by atoms with Gasteiger partial charge < -0.3 is 11.1 Å². The van der Waals surface area contributed by atoms with Crippen molar-refractivity contribution >= 4 is 11.6 Å². The van der Waals surface area contributed by atoms with Gasteiger partial charge in [0.1, 0.15) is 11.9 Å². The van der Waals surface area contributed by atoms with E-state index >= 15 is 0 Å². The van der Waals surface area contributed by atoms with Gasteiger partial charge in [-0.1, -0.05) is 29.8 Å². The first kappa shape index (κ1) is 14.1. The summed E-state index contributed by atoms with van der Waals surface area (Å²) in [4.78, 5) is 11.7. The second-order valence-corrected chi connectivity index (χ2v) is 4.91. The van der Waals surface area contributed by atoms with Crippen LogP contribution in [0.5, 0.6) is 0 Å². The largest absolute Gasteiger partial charge is 0.370 e. The molecule has 0 saturated carbocycles. The molecule has 0 aliphatic rings. The molecule has 0 bridgehead atoms. The van der Waals surface area contributed by atoms with E-state index in [0.717, 1.165) is 16.7 Å². The van der Waals surface area contributed by atoms with Crippen molar-refractivity contribution in [1.82, 2.24) is 0 Å². The molecular formula is C16H17FN2O. The van der Waals surface area contributed by atoms with Crippen LogP contribution in [-0.4, -0.2) is 5.91 Å². The van der Waals surface area contributed by atoms with Crippen molar-refractivity contribution in [2.75, 3.05) is 5.32 Å². The minimum Gasteiger partial charge on any atom is -0.370 e. The van der Waals surface area contributed by atoms with E-state index in [2.05, 4.69) is 5.32 Å². The Bertz CT molecular complexity index is 620. The fourth-order valence-corrected chi connectivity index (χ4v) is 2.15. The van der Waals surface area contributed by atoms with Crippen LogP contribution in [0.15, 0.2) is 42.5 Å². The molecule has 0 fully saturated rings. The van der Waals surface area contributed by atoms with E-state index in [4.69, 9.17) is 5.73 Å². The van der Waals surface area contributed by atoms with Crippen LogP contribution < -0.4 is 11.1 Å². The standard InChI is InChI=1S/C16H17FN2O/c1-10-4-3-5-12(6-10)15(16(18)20)19-14-8-11(2)7-13(17)9-14/h3-9,15,19H,1-2H3,(H2,18,20). The monoisotopic (exact) mass is 272 g/mol. The number of halogens is 1. The molecule has 0 aliphatic carbocycles. The lowest BCUT2D eigenvalue weighted by molar-refractivity contribution is -0.118. The van der Waals surface area contributed by atoms with Crippen LogP contribution in [0, 0.1) is 19.7 Å². The average Bonchev–Trinajstić information content (AvgIpc) is 2.34. The highest BCUT2D eigenvalue weighted by Gasteiger charge is 2.18. The molecule has 20 heavy (non-hydrogen) atoms. The van der Waals surface area contributed by atoms with E-state index in [1.165, 1.54) is 12.1 Å². The zero-order valence-corrected chi connectivity index (χ0v) is 11.5. The highest BCUT2D eigenvalue weighted by Crippen LogP contribution is 2.22. The molecule has 2 rings (SSSR count). The first-order valence-electron chi connectivity index (χ1n) is 6.35. The molecule has 2 aromatic rings. The Morgan fingerprint density at radius 1 is 1.15 bits per heavy atom. The van der Waals surface area contributed by atoms with Gasteiger partial charge in [0.25, 0.3) is 0 Å². The smallest absolute Gasteiger partial charge is 0.244 e. The van der Waals surface area contributed by atoms with Crippen molar-refractivity contribution in [1.29, 1.82) is 0 Å². The third-order valence-corrected chi connectivity index (χ3v) is 3.01. The zero-order valence-electron chi connectivity index (χ0n) is 11.5. The number of aryl methyl sites for hydroxylation is 2. The molecule has 1 amide bonds. The number of nitrogens with one attached hydrogen (secondary N) is 1. The molecule has 0 heterocycles. The number of benzene rings is 2. The topological polar surface area (TPSA) is 55.1 Å². The minimum atomic E-state index is -0.684. The molecule has 0 radical (unpaired) electrons. The fourth-order valence-electron chi connectivity index (χ4n) is 2.15. The maximum absolute atomic E-state index is 13.4. The summed E-state index contributed by atoms with van der Waals surface area (Å²) in [7, 11) is 0. The molecule has 0 aliphatic heterocycles. The Morgan fingerprint density at radius 3 is 2.50 bits per heavy atom. The van der Waals surface area contributed by atoms with Crippen LogP contribution in [0.2, 0.25) is 0 Å². The van der Waals surface area contributed by atoms with Crippen LogP contribution in [0.25, 0.3) is 0 Å². The number of hydrogen-bond donors (Lipinski definition) is 2. The quantitative estimate of drug-likeness (QED) is 0.898. The Kier molecular flexibility index (Phi) is 4.03. The molecule has 4 heteroatoms. The van der Waals surface area contributed by atoms with Crippen LogP contribution in [0.4, 0.5) is 10.1 Å². The predicted molar refractivity (Wildman–Crippen MR) is 77.9 cm³/mol. The number of primary amides is 1. The number of carbonyl (C=O) groups excluding carboxylic acids is 1. The second kappa shape index (κ2) is 5.74. The normalized spacial score (nSPS) is 11.9. The zero-order chi connectivity index (χ0) is 14.7. The van der Waals surface area contributed by atoms with E-state index in [1.54, 1.807) is 13.0 Å². The summed E-state index contributed by atoms with van der Waals surface area (Å²) in [6.07, 6.45) is 0. The summed E-state index contributed by atoms with van der Waals surface area (Å²) in [5, 5.41) is 2.99. The van der Waals surface area contributed by atoms with Gasteiger partial charge >= 0.3 is 0 Å². The molecule has 3 nitrogen and oxygen atoms in total. The van der Waals surface area contributed by atoms with Crippen LogP contribution in [0.1, 0.15) is 22.7 Å². The maximum atomic E-state index is 13.4. The van der Waals surface area contributed by atoms with Crippen LogP contribution in [-0.2, 0) is 4.79 Å². The summed E-state index contributed by atoms with van der Waals surface area (Å²) in [6, 6.07) is 11.4. The van der Waals surface area contributed by atoms with Crippen molar-refractivity contribution in [3.8, 4) is 0 Å². The SMILES string of the molecule is Cc1cc(F)cc(NC(C(N)=O)c2cccc(C)c2)c1. The summed E-state index contributed by atoms with van der Waals surface area (Å²) < 4.78 is 13.4. The van der Waals surface area contributed by atoms with Gasteiger partial charge in [-0.05, 0) is 43.2 Å². The van der Waals surface area contributed by atoms with E-state index < -0.39 is 11.9 Å². The van der Waals surface area contributed by atoms with Gasteiger partial charge in [-0.2, -0.15) is 0 Å². The summed E-state index contributed by atoms with van der Waals surface area (Å²) in [6.45, 7) is 3.73. The first-order valence-corrected chi connectivity index (χ1v) is 6.35. The maximum Gasteiger partial charge on any atom is 0.244 e. The summed E-state index contributed by atoms with van der Waals surface area (Å²) >= 11 is 0. The lowest BCUT2D eigenvalue weighted by atomic mass is 10.0. The summed E-state index contributed by atoms with van der Waals surface area (Å²) in [5.74, 6) is -0.850. The number of hydrogen-bond acceptors (Lipinski definition) is 2. The summed E-state index contributed by atoms with van der Waals surface area (Å²) in [5.41, 5.74) is 8.56. The van der Waals surface area contributed by atoms with E-state index in [0.29, 0.717) is 5.69 Å². The van der Waals surface area contributed by atoms with Crippen LogP contribution in [0.3, 0.4) is 0 Å². The van der Waals surface area contributed by atoms with Gasteiger partial charge in [0.15, 0.2) is 0 Å². The Labute approximate surface area is 117 Å². The van der Waals surface area contributed by atoms with Gasteiger partial charge in [-0.15, -0.1) is 0 Å². The van der Waals surface area contributed by atoms with Gasteiger partial charge in [-0.25, -0.2) is 4.39 Å². The fraction of sp³-hybridized carbons (Fsp3) is 0.188. The molecule has 0 spiro atoms. The number of nitrogens with two attached hydrogens (primary N) is 1. The third kappa shape index (κ3) is 3.35. The lowest BCUT2D eigenvalue weighted by Gasteiger charge is -2.18. The average molecular weight is 272 g/mol. The van der Waals surface area contributed by atoms with E-state index in [-0.39, 0.29) is 5.82 Å². The number of anilines is 1. The van der Waals surface area contributed by atoms with Gasteiger partial charge in [0, 0.05) is 5.69 Å². The van der Waals surface area contributed by atoms with Crippen molar-refractivity contribution < 1.29 is 9.18 Å². The van der Waals surface area contributed by atoms with E-state index in [9.17, 15) is 9.18 Å². The molecule has 1 unspecified atom stereocenters.